The quantitative estimate of drug-likeness (QED) is 0.582. The molecule has 12 heavy (non-hydrogen) atoms. The fourth-order valence-electron chi connectivity index (χ4n) is 1.27. The van der Waals surface area contributed by atoms with Crippen molar-refractivity contribution in [3.8, 4) is 0 Å². The first kappa shape index (κ1) is 7.30. The second kappa shape index (κ2) is 2.94. The lowest BCUT2D eigenvalue weighted by molar-refractivity contribution is -0.118. The molecule has 1 saturated heterocycles. The smallest absolute Gasteiger partial charge is 0.241 e. The van der Waals surface area contributed by atoms with Gasteiger partial charge in [0.2, 0.25) is 5.91 Å². The van der Waals surface area contributed by atoms with Crippen LogP contribution in [-0.4, -0.2) is 35.7 Å². The van der Waals surface area contributed by atoms with Crippen molar-refractivity contribution in [2.75, 3.05) is 24.5 Å². The van der Waals surface area contributed by atoms with Crippen LogP contribution in [0.5, 0.6) is 0 Å². The van der Waals surface area contributed by atoms with Crippen LogP contribution in [0.25, 0.3) is 0 Å². The monoisotopic (exact) mass is 166 g/mol. The van der Waals surface area contributed by atoms with Crippen LogP contribution in [0.2, 0.25) is 0 Å². The number of nitrogens with zero attached hydrogens (tertiary/aromatic N) is 2. The molecule has 5 nitrogen and oxygen atoms in total. The molecule has 0 unspecified atom stereocenters. The van der Waals surface area contributed by atoms with E-state index in [1.807, 2.05) is 0 Å². The third-order valence-electron chi connectivity index (χ3n) is 1.88. The van der Waals surface area contributed by atoms with Crippen LogP contribution in [0.3, 0.4) is 0 Å². The first-order valence-corrected chi connectivity index (χ1v) is 3.88. The molecule has 1 aromatic heterocycles. The molecule has 0 atom stereocenters. The minimum atomic E-state index is 0.0997. The molecule has 0 radical (unpaired) electrons. The average molecular weight is 166 g/mol. The fraction of sp³-hybridized carbons (Fsp3) is 0.429. The van der Waals surface area contributed by atoms with Crippen LogP contribution in [0.15, 0.2) is 12.4 Å². The van der Waals surface area contributed by atoms with Crippen molar-refractivity contribution >= 4 is 11.6 Å². The van der Waals surface area contributed by atoms with Crippen LogP contribution >= 0.6 is 0 Å². The van der Waals surface area contributed by atoms with E-state index in [4.69, 9.17) is 0 Å². The molecule has 0 aromatic carbocycles. The molecular formula is C7H10N4O. The number of rotatable bonds is 1. The Hall–Kier alpha value is -1.36. The van der Waals surface area contributed by atoms with Crippen LogP contribution in [-0.2, 0) is 4.79 Å². The molecule has 1 aromatic rings. The standard InChI is InChI=1S/C7H10N4O/c12-7-5-8-1-2-11(7)6-3-9-10-4-6/h3-4,8H,1-2,5H2,(H,9,10). The van der Waals surface area contributed by atoms with Gasteiger partial charge < -0.3 is 10.2 Å². The van der Waals surface area contributed by atoms with Gasteiger partial charge in [0.25, 0.3) is 0 Å². The number of piperazine rings is 1. The number of carbonyl (C=O) groups excluding carboxylic acids is 1. The summed E-state index contributed by atoms with van der Waals surface area (Å²) in [6, 6.07) is 0. The number of amides is 1. The molecule has 2 N–H and O–H groups in total. The first-order valence-electron chi connectivity index (χ1n) is 3.88. The molecule has 0 saturated carbocycles. The van der Waals surface area contributed by atoms with E-state index in [1.165, 1.54) is 0 Å². The number of carbonyl (C=O) groups is 1. The molecule has 1 amide bonds. The van der Waals surface area contributed by atoms with Crippen LogP contribution in [0.4, 0.5) is 5.69 Å². The summed E-state index contributed by atoms with van der Waals surface area (Å²) in [6.07, 6.45) is 3.38. The summed E-state index contributed by atoms with van der Waals surface area (Å²) in [6.45, 7) is 1.99. The highest BCUT2D eigenvalue weighted by molar-refractivity contribution is 5.95. The number of anilines is 1. The average Bonchev–Trinajstić information content (AvgIpc) is 2.57. The second-order valence-corrected chi connectivity index (χ2v) is 2.68. The zero-order valence-corrected chi connectivity index (χ0v) is 6.58. The van der Waals surface area contributed by atoms with Crippen molar-refractivity contribution in [1.82, 2.24) is 15.5 Å². The SMILES string of the molecule is O=C1CNCCN1c1cn[nH]c1. The summed E-state index contributed by atoms with van der Waals surface area (Å²) in [5, 5.41) is 9.48. The van der Waals surface area contributed by atoms with Gasteiger partial charge >= 0.3 is 0 Å². The topological polar surface area (TPSA) is 61.0 Å². The van der Waals surface area contributed by atoms with E-state index in [9.17, 15) is 4.79 Å². The largest absolute Gasteiger partial charge is 0.307 e. The molecule has 2 heterocycles. The van der Waals surface area contributed by atoms with Gasteiger partial charge in [0.1, 0.15) is 0 Å². The third-order valence-corrected chi connectivity index (χ3v) is 1.88. The minimum absolute atomic E-state index is 0.0997. The van der Waals surface area contributed by atoms with Gasteiger partial charge in [-0.25, -0.2) is 0 Å². The summed E-state index contributed by atoms with van der Waals surface area (Å²) in [5.41, 5.74) is 0.849. The third kappa shape index (κ3) is 1.18. The van der Waals surface area contributed by atoms with Gasteiger partial charge in [-0.3, -0.25) is 9.89 Å². The number of aromatic nitrogens is 2. The maximum absolute atomic E-state index is 11.3. The highest BCUT2D eigenvalue weighted by Crippen LogP contribution is 2.11. The highest BCUT2D eigenvalue weighted by Gasteiger charge is 2.19. The van der Waals surface area contributed by atoms with E-state index in [2.05, 4.69) is 15.5 Å². The van der Waals surface area contributed by atoms with Crippen molar-refractivity contribution in [3.63, 3.8) is 0 Å². The lowest BCUT2D eigenvalue weighted by Gasteiger charge is -2.25. The van der Waals surface area contributed by atoms with Gasteiger partial charge in [0.15, 0.2) is 0 Å². The van der Waals surface area contributed by atoms with E-state index in [1.54, 1.807) is 17.3 Å². The summed E-state index contributed by atoms with van der Waals surface area (Å²) in [7, 11) is 0. The Morgan fingerprint density at radius 1 is 1.58 bits per heavy atom. The van der Waals surface area contributed by atoms with Crippen LogP contribution in [0.1, 0.15) is 0 Å². The van der Waals surface area contributed by atoms with Gasteiger partial charge in [-0.1, -0.05) is 0 Å². The Bertz CT molecular complexity index is 269. The van der Waals surface area contributed by atoms with Crippen molar-refractivity contribution in [1.29, 1.82) is 0 Å². The van der Waals surface area contributed by atoms with Gasteiger partial charge in [-0.2, -0.15) is 5.10 Å². The Morgan fingerprint density at radius 3 is 3.17 bits per heavy atom. The highest BCUT2D eigenvalue weighted by atomic mass is 16.2. The Labute approximate surface area is 69.8 Å². The number of H-pyrrole nitrogens is 1. The van der Waals surface area contributed by atoms with E-state index in [0.717, 1.165) is 18.8 Å². The number of hydrogen-bond donors (Lipinski definition) is 2. The molecule has 2 rings (SSSR count). The number of nitrogens with one attached hydrogen (secondary N) is 2. The number of aromatic amines is 1. The van der Waals surface area contributed by atoms with Crippen LogP contribution in [0, 0.1) is 0 Å². The molecule has 64 valence electrons. The zero-order chi connectivity index (χ0) is 8.39. The molecule has 1 fully saturated rings. The second-order valence-electron chi connectivity index (χ2n) is 2.68. The van der Waals surface area contributed by atoms with Gasteiger partial charge in [-0.05, 0) is 0 Å². The number of hydrogen-bond acceptors (Lipinski definition) is 3. The van der Waals surface area contributed by atoms with E-state index >= 15 is 0 Å². The molecule has 5 heteroatoms. The van der Waals surface area contributed by atoms with Crippen molar-refractivity contribution < 1.29 is 4.79 Å². The molecule has 1 aliphatic heterocycles. The van der Waals surface area contributed by atoms with Gasteiger partial charge in [-0.15, -0.1) is 0 Å². The zero-order valence-electron chi connectivity index (χ0n) is 6.58. The first-order chi connectivity index (χ1) is 5.88. The maximum atomic E-state index is 11.3. The summed E-state index contributed by atoms with van der Waals surface area (Å²) < 4.78 is 0. The maximum Gasteiger partial charge on any atom is 0.241 e. The van der Waals surface area contributed by atoms with Gasteiger partial charge in [0.05, 0.1) is 18.4 Å². The predicted octanol–water partition coefficient (Wildman–Crippen LogP) is -0.654. The van der Waals surface area contributed by atoms with Crippen molar-refractivity contribution in [2.45, 2.75) is 0 Å². The lowest BCUT2D eigenvalue weighted by Crippen LogP contribution is -2.48. The summed E-state index contributed by atoms with van der Waals surface area (Å²) >= 11 is 0. The Kier molecular flexibility index (Phi) is 1.79. The summed E-state index contributed by atoms with van der Waals surface area (Å²) in [4.78, 5) is 13.0. The Balaban J connectivity index is 2.17. The minimum Gasteiger partial charge on any atom is -0.307 e. The molecule has 1 aliphatic rings. The van der Waals surface area contributed by atoms with Crippen molar-refractivity contribution in [3.05, 3.63) is 12.4 Å². The normalized spacial score (nSPS) is 18.3. The molecular weight excluding hydrogens is 156 g/mol. The summed E-state index contributed by atoms with van der Waals surface area (Å²) in [5.74, 6) is 0.0997. The predicted molar refractivity (Wildman–Crippen MR) is 43.8 cm³/mol. The van der Waals surface area contributed by atoms with Gasteiger partial charge in [0, 0.05) is 19.3 Å². The fourth-order valence-corrected chi connectivity index (χ4v) is 1.27. The van der Waals surface area contributed by atoms with Crippen molar-refractivity contribution in [2.24, 2.45) is 0 Å². The molecule has 0 spiro atoms. The van der Waals surface area contributed by atoms with E-state index in [-0.39, 0.29) is 5.91 Å². The van der Waals surface area contributed by atoms with E-state index in [0.29, 0.717) is 6.54 Å². The molecule has 0 bridgehead atoms. The Morgan fingerprint density at radius 2 is 2.50 bits per heavy atom. The molecule has 0 aliphatic carbocycles. The van der Waals surface area contributed by atoms with E-state index < -0.39 is 0 Å². The van der Waals surface area contributed by atoms with Crippen LogP contribution < -0.4 is 10.2 Å². The lowest BCUT2D eigenvalue weighted by atomic mass is 10.3.